The fourth-order valence-corrected chi connectivity index (χ4v) is 5.17. The van der Waals surface area contributed by atoms with E-state index in [1.54, 1.807) is 6.20 Å². The number of carbonyl (C=O) groups is 1. The molecule has 2 heterocycles. The van der Waals surface area contributed by atoms with Crippen LogP contribution in [0.15, 0.2) is 30.5 Å². The Labute approximate surface area is 194 Å². The zero-order valence-electron chi connectivity index (χ0n) is 15.5. The summed E-state index contributed by atoms with van der Waals surface area (Å²) in [5.74, 6) is -1.04. The normalized spacial score (nSPS) is 28.1. The molecule has 1 aromatic carbocycles. The van der Waals surface area contributed by atoms with Crippen LogP contribution in [0.3, 0.4) is 0 Å². The summed E-state index contributed by atoms with van der Waals surface area (Å²) in [5, 5.41) is 13.2. The van der Waals surface area contributed by atoms with E-state index in [2.05, 4.69) is 11.9 Å². The summed E-state index contributed by atoms with van der Waals surface area (Å²) in [6.45, 7) is 6.15. The minimum absolute atomic E-state index is 0. The summed E-state index contributed by atoms with van der Waals surface area (Å²) in [5.41, 5.74) is 1.87. The van der Waals surface area contributed by atoms with Crippen LogP contribution in [-0.2, 0) is 15.6 Å². The molecule has 0 radical (unpaired) electrons. The van der Waals surface area contributed by atoms with Gasteiger partial charge in [0.15, 0.2) is 0 Å². The van der Waals surface area contributed by atoms with Crippen LogP contribution >= 0.6 is 0 Å². The first-order valence-electron chi connectivity index (χ1n) is 8.61. The molecule has 0 aliphatic heterocycles. The maximum atomic E-state index is 12.3. The van der Waals surface area contributed by atoms with Gasteiger partial charge in [0, 0.05) is 17.0 Å². The molecule has 2 atom stereocenters. The second kappa shape index (κ2) is 5.55. The van der Waals surface area contributed by atoms with Gasteiger partial charge in [0.2, 0.25) is 0 Å². The van der Waals surface area contributed by atoms with Crippen LogP contribution in [0.2, 0.25) is 0 Å². The Morgan fingerprint density at radius 1 is 1.04 bits per heavy atom. The zero-order valence-corrected chi connectivity index (χ0v) is 18.6. The predicted molar refractivity (Wildman–Crippen MR) is 91.9 cm³/mol. The van der Waals surface area contributed by atoms with Crippen LogP contribution in [-0.4, -0.2) is 20.9 Å². The molecule has 2 unspecified atom stereocenters. The van der Waals surface area contributed by atoms with Crippen LogP contribution < -0.4 is 56.5 Å². The number of carboxylic acid groups (broad SMARTS) is 1. The van der Waals surface area contributed by atoms with E-state index in [4.69, 9.17) is 9.97 Å². The molecular formula is C20H18KN3O2. The van der Waals surface area contributed by atoms with Crippen molar-refractivity contribution in [3.63, 3.8) is 0 Å². The van der Waals surface area contributed by atoms with Crippen molar-refractivity contribution in [2.45, 2.75) is 44.4 Å². The van der Waals surface area contributed by atoms with Crippen molar-refractivity contribution in [3.05, 3.63) is 41.9 Å². The first-order valence-corrected chi connectivity index (χ1v) is 8.61. The van der Waals surface area contributed by atoms with E-state index in [1.807, 2.05) is 38.1 Å². The average molecular weight is 371 g/mol. The number of fused-ring (bicyclic) bond motifs is 8. The molecule has 3 aromatic rings. The Balaban J connectivity index is 0.00000168. The topological polar surface area (TPSA) is 78.8 Å². The summed E-state index contributed by atoms with van der Waals surface area (Å²) >= 11 is 0. The third-order valence-corrected chi connectivity index (χ3v) is 7.14. The Kier molecular flexibility index (Phi) is 3.93. The van der Waals surface area contributed by atoms with Crippen molar-refractivity contribution in [1.82, 2.24) is 15.0 Å². The summed E-state index contributed by atoms with van der Waals surface area (Å²) in [6.07, 6.45) is 3.08. The number of hydrogen-bond donors (Lipinski definition) is 0. The molecular weight excluding hydrogens is 353 g/mol. The average Bonchev–Trinajstić information content (AvgIpc) is 2.89. The van der Waals surface area contributed by atoms with Gasteiger partial charge < -0.3 is 9.90 Å². The Morgan fingerprint density at radius 2 is 1.77 bits per heavy atom. The van der Waals surface area contributed by atoms with Crippen molar-refractivity contribution in [2.75, 3.05) is 0 Å². The van der Waals surface area contributed by atoms with E-state index in [9.17, 15) is 9.90 Å². The number of rotatable bonds is 1. The van der Waals surface area contributed by atoms with Gasteiger partial charge in [-0.3, -0.25) is 4.98 Å². The number of benzene rings is 1. The van der Waals surface area contributed by atoms with Crippen molar-refractivity contribution < 1.29 is 61.3 Å². The smallest absolute Gasteiger partial charge is 0.549 e. The minimum Gasteiger partial charge on any atom is -0.549 e. The van der Waals surface area contributed by atoms with Crippen LogP contribution in [0, 0.1) is 5.41 Å². The van der Waals surface area contributed by atoms with Gasteiger partial charge in [-0.2, -0.15) is 0 Å². The molecule has 2 aliphatic carbocycles. The first kappa shape index (κ1) is 18.4. The van der Waals surface area contributed by atoms with Crippen molar-refractivity contribution in [1.29, 1.82) is 0 Å². The van der Waals surface area contributed by atoms with E-state index >= 15 is 0 Å². The quantitative estimate of drug-likeness (QED) is 0.416. The molecule has 1 fully saturated rings. The van der Waals surface area contributed by atoms with Crippen LogP contribution in [0.1, 0.15) is 45.0 Å². The van der Waals surface area contributed by atoms with Crippen LogP contribution in [0.5, 0.6) is 0 Å². The summed E-state index contributed by atoms with van der Waals surface area (Å²) in [7, 11) is 0. The predicted octanol–water partition coefficient (Wildman–Crippen LogP) is -0.739. The molecule has 2 bridgehead atoms. The summed E-state index contributed by atoms with van der Waals surface area (Å²) < 4.78 is 0. The van der Waals surface area contributed by atoms with Crippen LogP contribution in [0.25, 0.3) is 21.9 Å². The van der Waals surface area contributed by atoms with Gasteiger partial charge in [-0.25, -0.2) is 9.97 Å². The molecule has 0 spiro atoms. The van der Waals surface area contributed by atoms with E-state index in [1.165, 1.54) is 0 Å². The van der Waals surface area contributed by atoms with Gasteiger partial charge in [0.1, 0.15) is 0 Å². The van der Waals surface area contributed by atoms with Crippen molar-refractivity contribution >= 4 is 27.9 Å². The van der Waals surface area contributed by atoms with Crippen molar-refractivity contribution in [2.24, 2.45) is 5.41 Å². The third-order valence-electron chi connectivity index (χ3n) is 7.14. The molecule has 5 nitrogen and oxygen atoms in total. The number of nitrogens with zero attached hydrogens (tertiary/aromatic N) is 3. The molecule has 2 aromatic heterocycles. The Hall–Kier alpha value is -0.924. The van der Waals surface area contributed by atoms with Crippen LogP contribution in [0.4, 0.5) is 0 Å². The van der Waals surface area contributed by atoms with Gasteiger partial charge in [-0.15, -0.1) is 0 Å². The molecule has 126 valence electrons. The Bertz CT molecular complexity index is 1100. The summed E-state index contributed by atoms with van der Waals surface area (Å²) in [6, 6.07) is 7.68. The molecule has 0 saturated heterocycles. The van der Waals surface area contributed by atoms with Gasteiger partial charge in [-0.1, -0.05) is 20.8 Å². The number of aliphatic carboxylic acids is 1. The van der Waals surface area contributed by atoms with Gasteiger partial charge in [0.25, 0.3) is 0 Å². The second-order valence-electron chi connectivity index (χ2n) is 8.07. The molecule has 1 saturated carbocycles. The molecule has 0 amide bonds. The molecule has 2 aliphatic rings. The van der Waals surface area contributed by atoms with Gasteiger partial charge in [-0.05, 0) is 42.5 Å². The largest absolute Gasteiger partial charge is 1.00 e. The fourth-order valence-electron chi connectivity index (χ4n) is 5.17. The third kappa shape index (κ3) is 1.84. The molecule has 0 N–H and O–H groups in total. The number of carboxylic acids is 1. The van der Waals surface area contributed by atoms with E-state index in [0.29, 0.717) is 12.1 Å². The monoisotopic (exact) mass is 371 g/mol. The number of aromatic nitrogens is 3. The minimum atomic E-state index is -1.08. The SMILES string of the molecule is CC12CCC(C(=O)[O-])(c3nc4c(ccc5ncccc54)nc31)C2(C)C.[K+]. The Morgan fingerprint density at radius 3 is 2.50 bits per heavy atom. The number of pyridine rings is 1. The molecule has 26 heavy (non-hydrogen) atoms. The second-order valence-corrected chi connectivity index (χ2v) is 8.07. The first-order chi connectivity index (χ1) is 11.8. The summed E-state index contributed by atoms with van der Waals surface area (Å²) in [4.78, 5) is 26.5. The standard InChI is InChI=1S/C20H19N3O2.K/c1-18(2)19(3)8-9-20(18,17(24)25)16-15(19)22-13-7-6-12-11(14(13)23-16)5-4-10-21-12;/h4-7,10H,8-9H2,1-3H3,(H,24,25);/q;+1/p-1. The van der Waals surface area contributed by atoms with Gasteiger partial charge in [0.05, 0.1) is 39.3 Å². The van der Waals surface area contributed by atoms with E-state index in [0.717, 1.165) is 34.1 Å². The van der Waals surface area contributed by atoms with E-state index in [-0.39, 0.29) is 56.8 Å². The van der Waals surface area contributed by atoms with E-state index < -0.39 is 16.8 Å². The molecule has 5 rings (SSSR count). The fraction of sp³-hybridized carbons (Fsp3) is 0.400. The van der Waals surface area contributed by atoms with Crippen molar-refractivity contribution in [3.8, 4) is 0 Å². The van der Waals surface area contributed by atoms with Gasteiger partial charge >= 0.3 is 51.4 Å². The number of carbonyl (C=O) groups excluding carboxylic acids is 1. The zero-order chi connectivity index (χ0) is 17.6. The maximum absolute atomic E-state index is 12.3. The maximum Gasteiger partial charge on any atom is 1.00 e. The number of hydrogen-bond acceptors (Lipinski definition) is 5. The molecule has 6 heteroatoms.